The van der Waals surface area contributed by atoms with Crippen molar-refractivity contribution in [3.63, 3.8) is 0 Å². The van der Waals surface area contributed by atoms with Gasteiger partial charge in [0.1, 0.15) is 6.04 Å². The van der Waals surface area contributed by atoms with Crippen molar-refractivity contribution in [1.29, 1.82) is 0 Å². The third-order valence-electron chi connectivity index (χ3n) is 2.02. The van der Waals surface area contributed by atoms with E-state index >= 15 is 0 Å². The molecule has 1 fully saturated rings. The standard InChI is InChI=1S/C9H15BrN2O2/c1-6(11-8(13)4-5-10)9(14)12-7-2-3-7/h6-7H,2-5H2,1H3,(H,11,13)(H,12,14). The van der Waals surface area contributed by atoms with Gasteiger partial charge in [-0.25, -0.2) is 0 Å². The van der Waals surface area contributed by atoms with Crippen LogP contribution in [0, 0.1) is 0 Å². The molecule has 1 saturated carbocycles. The number of rotatable bonds is 5. The molecule has 14 heavy (non-hydrogen) atoms. The fourth-order valence-electron chi connectivity index (χ4n) is 1.02. The summed E-state index contributed by atoms with van der Waals surface area (Å²) in [5.74, 6) is -0.184. The van der Waals surface area contributed by atoms with E-state index in [2.05, 4.69) is 26.6 Å². The van der Waals surface area contributed by atoms with E-state index in [1.165, 1.54) is 0 Å². The van der Waals surface area contributed by atoms with Crippen molar-refractivity contribution in [1.82, 2.24) is 10.6 Å². The number of alkyl halides is 1. The van der Waals surface area contributed by atoms with Gasteiger partial charge in [-0.15, -0.1) is 0 Å². The van der Waals surface area contributed by atoms with E-state index in [1.807, 2.05) is 0 Å². The van der Waals surface area contributed by atoms with Crippen molar-refractivity contribution in [3.05, 3.63) is 0 Å². The van der Waals surface area contributed by atoms with E-state index in [-0.39, 0.29) is 11.8 Å². The van der Waals surface area contributed by atoms with Crippen LogP contribution in [0.3, 0.4) is 0 Å². The highest BCUT2D eigenvalue weighted by molar-refractivity contribution is 9.09. The van der Waals surface area contributed by atoms with Gasteiger partial charge in [0.05, 0.1) is 0 Å². The van der Waals surface area contributed by atoms with Crippen LogP contribution in [0.1, 0.15) is 26.2 Å². The molecular formula is C9H15BrN2O2. The van der Waals surface area contributed by atoms with E-state index < -0.39 is 6.04 Å². The van der Waals surface area contributed by atoms with Crippen molar-refractivity contribution in [2.24, 2.45) is 0 Å². The Morgan fingerprint density at radius 1 is 1.50 bits per heavy atom. The average molecular weight is 263 g/mol. The minimum absolute atomic E-state index is 0.0876. The fourth-order valence-corrected chi connectivity index (χ4v) is 1.38. The van der Waals surface area contributed by atoms with Crippen molar-refractivity contribution >= 4 is 27.7 Å². The zero-order valence-corrected chi connectivity index (χ0v) is 9.76. The largest absolute Gasteiger partial charge is 0.352 e. The molecule has 0 bridgehead atoms. The van der Waals surface area contributed by atoms with Crippen LogP contribution in [0.2, 0.25) is 0 Å². The molecule has 5 heteroatoms. The predicted octanol–water partition coefficient (Wildman–Crippen LogP) is 0.555. The van der Waals surface area contributed by atoms with Gasteiger partial charge in [0, 0.05) is 17.8 Å². The van der Waals surface area contributed by atoms with Gasteiger partial charge in [0.25, 0.3) is 0 Å². The topological polar surface area (TPSA) is 58.2 Å². The fraction of sp³-hybridized carbons (Fsp3) is 0.778. The van der Waals surface area contributed by atoms with Crippen molar-refractivity contribution in [2.75, 3.05) is 5.33 Å². The molecule has 2 amide bonds. The number of amides is 2. The molecule has 0 saturated heterocycles. The number of carbonyl (C=O) groups is 2. The Balaban J connectivity index is 2.21. The van der Waals surface area contributed by atoms with E-state index in [9.17, 15) is 9.59 Å². The molecule has 2 N–H and O–H groups in total. The van der Waals surface area contributed by atoms with E-state index in [4.69, 9.17) is 0 Å². The summed E-state index contributed by atoms with van der Waals surface area (Å²) in [5, 5.41) is 6.09. The molecule has 80 valence electrons. The maximum atomic E-state index is 11.4. The molecule has 0 aromatic heterocycles. The SMILES string of the molecule is CC(NC(=O)CCBr)C(=O)NC1CC1. The van der Waals surface area contributed by atoms with Crippen LogP contribution in [-0.4, -0.2) is 29.2 Å². The lowest BCUT2D eigenvalue weighted by molar-refractivity contribution is -0.128. The molecule has 0 heterocycles. The van der Waals surface area contributed by atoms with E-state index in [1.54, 1.807) is 6.92 Å². The Morgan fingerprint density at radius 2 is 2.14 bits per heavy atom. The first kappa shape index (κ1) is 11.5. The van der Waals surface area contributed by atoms with Gasteiger partial charge in [0.2, 0.25) is 11.8 Å². The third kappa shape index (κ3) is 4.09. The lowest BCUT2D eigenvalue weighted by Gasteiger charge is -2.13. The maximum absolute atomic E-state index is 11.4. The van der Waals surface area contributed by atoms with Crippen LogP contribution in [0.25, 0.3) is 0 Å². The minimum atomic E-state index is -0.429. The second-order valence-electron chi connectivity index (χ2n) is 3.51. The molecule has 0 radical (unpaired) electrons. The number of hydrogen-bond donors (Lipinski definition) is 2. The lowest BCUT2D eigenvalue weighted by atomic mass is 10.3. The lowest BCUT2D eigenvalue weighted by Crippen LogP contribution is -2.45. The minimum Gasteiger partial charge on any atom is -0.352 e. The smallest absolute Gasteiger partial charge is 0.242 e. The Bertz CT molecular complexity index is 229. The molecular weight excluding hydrogens is 248 g/mol. The summed E-state index contributed by atoms with van der Waals surface area (Å²) in [6.45, 7) is 1.70. The van der Waals surface area contributed by atoms with Gasteiger partial charge in [-0.3, -0.25) is 9.59 Å². The highest BCUT2D eigenvalue weighted by Gasteiger charge is 2.25. The zero-order valence-electron chi connectivity index (χ0n) is 8.18. The molecule has 0 spiro atoms. The normalized spacial score (nSPS) is 17.3. The Labute approximate surface area is 91.9 Å². The van der Waals surface area contributed by atoms with Crippen LogP contribution in [0.15, 0.2) is 0 Å². The summed E-state index contributed by atoms with van der Waals surface area (Å²) in [6.07, 6.45) is 2.53. The van der Waals surface area contributed by atoms with E-state index in [0.717, 1.165) is 12.8 Å². The van der Waals surface area contributed by atoms with Gasteiger partial charge in [-0.2, -0.15) is 0 Å². The zero-order chi connectivity index (χ0) is 10.6. The summed E-state index contributed by atoms with van der Waals surface area (Å²) in [4.78, 5) is 22.5. The van der Waals surface area contributed by atoms with Crippen LogP contribution in [0.5, 0.6) is 0 Å². The summed E-state index contributed by atoms with van der Waals surface area (Å²) in [5.41, 5.74) is 0. The average Bonchev–Trinajstić information content (AvgIpc) is 2.88. The second-order valence-corrected chi connectivity index (χ2v) is 4.30. The van der Waals surface area contributed by atoms with Crippen molar-refractivity contribution < 1.29 is 9.59 Å². The summed E-state index contributed by atoms with van der Waals surface area (Å²) < 4.78 is 0. The van der Waals surface area contributed by atoms with Gasteiger partial charge < -0.3 is 10.6 Å². The van der Waals surface area contributed by atoms with Crippen LogP contribution >= 0.6 is 15.9 Å². The maximum Gasteiger partial charge on any atom is 0.242 e. The van der Waals surface area contributed by atoms with Gasteiger partial charge in [-0.05, 0) is 19.8 Å². The van der Waals surface area contributed by atoms with Crippen LogP contribution < -0.4 is 10.6 Å². The van der Waals surface area contributed by atoms with E-state index in [0.29, 0.717) is 17.8 Å². The van der Waals surface area contributed by atoms with Gasteiger partial charge in [-0.1, -0.05) is 15.9 Å². The Kier molecular flexibility index (Phi) is 4.38. The molecule has 1 aliphatic carbocycles. The quantitative estimate of drug-likeness (QED) is 0.712. The summed E-state index contributed by atoms with van der Waals surface area (Å²) >= 11 is 3.17. The Hall–Kier alpha value is -0.580. The summed E-state index contributed by atoms with van der Waals surface area (Å²) in [7, 11) is 0. The number of hydrogen-bond acceptors (Lipinski definition) is 2. The van der Waals surface area contributed by atoms with Crippen molar-refractivity contribution in [3.8, 4) is 0 Å². The van der Waals surface area contributed by atoms with Crippen LogP contribution in [-0.2, 0) is 9.59 Å². The Morgan fingerprint density at radius 3 is 2.64 bits per heavy atom. The molecule has 4 nitrogen and oxygen atoms in total. The first-order valence-electron chi connectivity index (χ1n) is 4.79. The number of carbonyl (C=O) groups excluding carboxylic acids is 2. The predicted molar refractivity (Wildman–Crippen MR) is 57.2 cm³/mol. The number of halogens is 1. The molecule has 1 rings (SSSR count). The molecule has 1 atom stereocenters. The van der Waals surface area contributed by atoms with Crippen molar-refractivity contribution in [2.45, 2.75) is 38.3 Å². The first-order valence-corrected chi connectivity index (χ1v) is 5.91. The van der Waals surface area contributed by atoms with Gasteiger partial charge in [0.15, 0.2) is 0 Å². The molecule has 1 aliphatic rings. The molecule has 0 aliphatic heterocycles. The monoisotopic (exact) mass is 262 g/mol. The molecule has 0 aromatic carbocycles. The molecule has 0 aromatic rings. The molecule has 1 unspecified atom stereocenters. The second kappa shape index (κ2) is 5.34. The number of nitrogens with one attached hydrogen (secondary N) is 2. The van der Waals surface area contributed by atoms with Gasteiger partial charge >= 0.3 is 0 Å². The highest BCUT2D eigenvalue weighted by atomic mass is 79.9. The van der Waals surface area contributed by atoms with Crippen LogP contribution in [0.4, 0.5) is 0 Å². The highest BCUT2D eigenvalue weighted by Crippen LogP contribution is 2.18. The third-order valence-corrected chi connectivity index (χ3v) is 2.41. The summed E-state index contributed by atoms with van der Waals surface area (Å²) in [6, 6.07) is -0.0832. The first-order chi connectivity index (χ1) is 6.63.